The maximum atomic E-state index is 11.1. The SMILES string of the molecule is Cn1cc([C@@H](O)C2(C(=O)O)CCC2)cn1. The molecule has 1 aromatic heterocycles. The maximum absolute atomic E-state index is 11.1. The zero-order valence-corrected chi connectivity index (χ0v) is 8.55. The molecular formula is C10H14N2O3. The standard InChI is InChI=1S/C10H14N2O3/c1-12-6-7(5-11-12)8(13)10(9(14)15)3-2-4-10/h5-6,8,13H,2-4H2,1H3,(H,14,15)/t8-/m1/s1. The van der Waals surface area contributed by atoms with Crippen molar-refractivity contribution in [3.8, 4) is 0 Å². The molecular weight excluding hydrogens is 196 g/mol. The molecule has 0 radical (unpaired) electrons. The van der Waals surface area contributed by atoms with Crippen LogP contribution in [0.2, 0.25) is 0 Å². The molecule has 1 atom stereocenters. The molecule has 0 spiro atoms. The summed E-state index contributed by atoms with van der Waals surface area (Å²) in [6.07, 6.45) is 4.18. The van der Waals surface area contributed by atoms with Crippen LogP contribution in [0.5, 0.6) is 0 Å². The Morgan fingerprint density at radius 2 is 2.33 bits per heavy atom. The van der Waals surface area contributed by atoms with Crippen LogP contribution in [0, 0.1) is 5.41 Å². The number of carboxylic acids is 1. The number of nitrogens with zero attached hydrogens (tertiary/aromatic N) is 2. The number of aliphatic hydroxyl groups excluding tert-OH is 1. The smallest absolute Gasteiger partial charge is 0.312 e. The molecule has 1 heterocycles. The Balaban J connectivity index is 2.26. The molecule has 15 heavy (non-hydrogen) atoms. The second-order valence-corrected chi connectivity index (χ2v) is 4.16. The van der Waals surface area contributed by atoms with E-state index < -0.39 is 17.5 Å². The lowest BCUT2D eigenvalue weighted by Crippen LogP contribution is -2.43. The van der Waals surface area contributed by atoms with Gasteiger partial charge in [-0.15, -0.1) is 0 Å². The maximum Gasteiger partial charge on any atom is 0.312 e. The molecule has 2 N–H and O–H groups in total. The van der Waals surface area contributed by atoms with Crippen molar-refractivity contribution in [2.45, 2.75) is 25.4 Å². The van der Waals surface area contributed by atoms with Crippen LogP contribution in [0.25, 0.3) is 0 Å². The molecule has 0 bridgehead atoms. The van der Waals surface area contributed by atoms with Crippen LogP contribution in [0.15, 0.2) is 12.4 Å². The van der Waals surface area contributed by atoms with Crippen molar-refractivity contribution in [3.63, 3.8) is 0 Å². The van der Waals surface area contributed by atoms with Crippen LogP contribution >= 0.6 is 0 Å². The van der Waals surface area contributed by atoms with Crippen LogP contribution < -0.4 is 0 Å². The van der Waals surface area contributed by atoms with Crippen LogP contribution in [-0.4, -0.2) is 26.0 Å². The normalized spacial score (nSPS) is 20.7. The van der Waals surface area contributed by atoms with E-state index in [2.05, 4.69) is 5.10 Å². The van der Waals surface area contributed by atoms with Crippen molar-refractivity contribution in [1.82, 2.24) is 9.78 Å². The lowest BCUT2D eigenvalue weighted by molar-refractivity contribution is -0.166. The van der Waals surface area contributed by atoms with E-state index in [1.54, 1.807) is 17.9 Å². The highest BCUT2D eigenvalue weighted by molar-refractivity contribution is 5.76. The highest BCUT2D eigenvalue weighted by Crippen LogP contribution is 2.50. The molecule has 5 nitrogen and oxygen atoms in total. The average molecular weight is 210 g/mol. The first-order valence-corrected chi connectivity index (χ1v) is 4.96. The van der Waals surface area contributed by atoms with E-state index in [-0.39, 0.29) is 0 Å². The van der Waals surface area contributed by atoms with E-state index in [1.807, 2.05) is 0 Å². The lowest BCUT2D eigenvalue weighted by atomic mass is 9.64. The highest BCUT2D eigenvalue weighted by Gasteiger charge is 2.51. The van der Waals surface area contributed by atoms with Gasteiger partial charge in [0.15, 0.2) is 0 Å². The third-order valence-corrected chi connectivity index (χ3v) is 3.24. The fraction of sp³-hybridized carbons (Fsp3) is 0.600. The third kappa shape index (κ3) is 1.43. The van der Waals surface area contributed by atoms with Crippen LogP contribution in [-0.2, 0) is 11.8 Å². The first-order valence-electron chi connectivity index (χ1n) is 4.96. The molecule has 0 amide bonds. The second-order valence-electron chi connectivity index (χ2n) is 4.16. The number of carboxylic acid groups (broad SMARTS) is 1. The Labute approximate surface area is 87.3 Å². The molecule has 2 rings (SSSR count). The Kier molecular flexibility index (Phi) is 2.26. The van der Waals surface area contributed by atoms with Gasteiger partial charge in [0, 0.05) is 18.8 Å². The van der Waals surface area contributed by atoms with Gasteiger partial charge >= 0.3 is 5.97 Å². The first kappa shape index (κ1) is 10.2. The summed E-state index contributed by atoms with van der Waals surface area (Å²) in [6, 6.07) is 0. The van der Waals surface area contributed by atoms with Gasteiger partial charge in [-0.3, -0.25) is 9.48 Å². The summed E-state index contributed by atoms with van der Waals surface area (Å²) in [5, 5.41) is 23.1. The number of aliphatic hydroxyl groups is 1. The Hall–Kier alpha value is -1.36. The zero-order valence-electron chi connectivity index (χ0n) is 8.55. The van der Waals surface area contributed by atoms with E-state index in [9.17, 15) is 9.90 Å². The number of carbonyl (C=O) groups is 1. The fourth-order valence-electron chi connectivity index (χ4n) is 2.06. The lowest BCUT2D eigenvalue weighted by Gasteiger charge is -2.41. The van der Waals surface area contributed by atoms with Gasteiger partial charge in [-0.2, -0.15) is 5.10 Å². The van der Waals surface area contributed by atoms with E-state index in [0.29, 0.717) is 18.4 Å². The third-order valence-electron chi connectivity index (χ3n) is 3.24. The van der Waals surface area contributed by atoms with Crippen molar-refractivity contribution < 1.29 is 15.0 Å². The first-order chi connectivity index (χ1) is 7.06. The van der Waals surface area contributed by atoms with E-state index in [4.69, 9.17) is 5.11 Å². The number of aryl methyl sites for hydroxylation is 1. The fourth-order valence-corrected chi connectivity index (χ4v) is 2.06. The monoisotopic (exact) mass is 210 g/mol. The summed E-state index contributed by atoms with van der Waals surface area (Å²) in [7, 11) is 1.74. The molecule has 82 valence electrons. The minimum absolute atomic E-state index is 0.540. The second kappa shape index (κ2) is 3.34. The Bertz CT molecular complexity index is 382. The summed E-state index contributed by atoms with van der Waals surface area (Å²) >= 11 is 0. The summed E-state index contributed by atoms with van der Waals surface area (Å²) in [5.74, 6) is -0.912. The number of hydrogen-bond donors (Lipinski definition) is 2. The van der Waals surface area contributed by atoms with E-state index in [0.717, 1.165) is 6.42 Å². The van der Waals surface area contributed by atoms with Crippen LogP contribution in [0.3, 0.4) is 0 Å². The van der Waals surface area contributed by atoms with Gasteiger partial charge in [-0.05, 0) is 12.8 Å². The molecule has 0 unspecified atom stereocenters. The summed E-state index contributed by atoms with van der Waals surface area (Å²) in [6.45, 7) is 0. The van der Waals surface area contributed by atoms with Crippen LogP contribution in [0.1, 0.15) is 30.9 Å². The Morgan fingerprint density at radius 3 is 2.67 bits per heavy atom. The van der Waals surface area contributed by atoms with Crippen molar-refractivity contribution in [3.05, 3.63) is 18.0 Å². The molecule has 1 fully saturated rings. The average Bonchev–Trinajstić information content (AvgIpc) is 2.48. The van der Waals surface area contributed by atoms with Crippen molar-refractivity contribution in [1.29, 1.82) is 0 Å². The molecule has 0 aromatic carbocycles. The molecule has 1 aromatic rings. The predicted octanol–water partition coefficient (Wildman–Crippen LogP) is 0.708. The molecule has 1 aliphatic carbocycles. The quantitative estimate of drug-likeness (QED) is 0.770. The van der Waals surface area contributed by atoms with Gasteiger partial charge in [0.05, 0.1) is 17.7 Å². The molecule has 1 aliphatic rings. The summed E-state index contributed by atoms with van der Waals surface area (Å²) in [5.41, 5.74) is -0.400. The van der Waals surface area contributed by atoms with Gasteiger partial charge < -0.3 is 10.2 Å². The molecule has 0 aliphatic heterocycles. The van der Waals surface area contributed by atoms with E-state index >= 15 is 0 Å². The van der Waals surface area contributed by atoms with Gasteiger partial charge in [0.1, 0.15) is 0 Å². The van der Waals surface area contributed by atoms with Crippen molar-refractivity contribution in [2.75, 3.05) is 0 Å². The van der Waals surface area contributed by atoms with Crippen LogP contribution in [0.4, 0.5) is 0 Å². The number of hydrogen-bond acceptors (Lipinski definition) is 3. The molecule has 1 saturated carbocycles. The molecule has 0 saturated heterocycles. The minimum atomic E-state index is -0.983. The van der Waals surface area contributed by atoms with Crippen molar-refractivity contribution in [2.24, 2.45) is 12.5 Å². The van der Waals surface area contributed by atoms with Gasteiger partial charge in [0.25, 0.3) is 0 Å². The molecule has 5 heteroatoms. The van der Waals surface area contributed by atoms with Gasteiger partial charge in [-0.1, -0.05) is 6.42 Å². The van der Waals surface area contributed by atoms with E-state index in [1.165, 1.54) is 6.20 Å². The predicted molar refractivity (Wildman–Crippen MR) is 52.1 cm³/mol. The largest absolute Gasteiger partial charge is 0.481 e. The van der Waals surface area contributed by atoms with Gasteiger partial charge in [-0.25, -0.2) is 0 Å². The number of aliphatic carboxylic acids is 1. The van der Waals surface area contributed by atoms with Crippen molar-refractivity contribution >= 4 is 5.97 Å². The summed E-state index contributed by atoms with van der Waals surface area (Å²) < 4.78 is 1.56. The minimum Gasteiger partial charge on any atom is -0.481 e. The highest BCUT2D eigenvalue weighted by atomic mass is 16.4. The zero-order chi connectivity index (χ0) is 11.1. The number of aromatic nitrogens is 2. The van der Waals surface area contributed by atoms with Gasteiger partial charge in [0.2, 0.25) is 0 Å². The topological polar surface area (TPSA) is 75.4 Å². The summed E-state index contributed by atoms with van der Waals surface area (Å²) in [4.78, 5) is 11.1. The Morgan fingerprint density at radius 1 is 1.67 bits per heavy atom. The number of rotatable bonds is 3.